The largest absolute Gasteiger partial charge is 0.497 e. The predicted molar refractivity (Wildman–Crippen MR) is 110 cm³/mol. The van der Waals surface area contributed by atoms with Crippen molar-refractivity contribution in [2.45, 2.75) is 19.8 Å². The monoisotopic (exact) mass is 439 g/mol. The van der Waals surface area contributed by atoms with Crippen LogP contribution in [0.3, 0.4) is 0 Å². The van der Waals surface area contributed by atoms with Crippen LogP contribution in [0.2, 0.25) is 5.02 Å². The number of hydrogen-bond acceptors (Lipinski definition) is 7. The number of esters is 2. The van der Waals surface area contributed by atoms with Crippen LogP contribution in [0, 0.1) is 5.92 Å². The van der Waals surface area contributed by atoms with Crippen LogP contribution in [0.5, 0.6) is 5.75 Å². The maximum Gasteiger partial charge on any atom is 0.350 e. The molecule has 1 aromatic heterocycles. The molecule has 0 aliphatic carbocycles. The first-order valence-corrected chi connectivity index (χ1v) is 10.5. The van der Waals surface area contributed by atoms with Crippen molar-refractivity contribution in [3.8, 4) is 5.75 Å². The molecule has 0 radical (unpaired) electrons. The molecule has 9 heteroatoms. The molecular weight excluding hydrogens is 418 g/mol. The number of amides is 1. The van der Waals surface area contributed by atoms with Crippen LogP contribution in [-0.4, -0.2) is 56.2 Å². The summed E-state index contributed by atoms with van der Waals surface area (Å²) >= 11 is 7.51. The first-order valence-electron chi connectivity index (χ1n) is 9.32. The summed E-state index contributed by atoms with van der Waals surface area (Å²) in [7, 11) is 1.56. The van der Waals surface area contributed by atoms with E-state index in [1.165, 1.54) is 11.3 Å². The summed E-state index contributed by atoms with van der Waals surface area (Å²) in [5, 5.41) is 1.04. The summed E-state index contributed by atoms with van der Waals surface area (Å²) in [5.74, 6) is -0.667. The number of methoxy groups -OCH3 is 1. The Hall–Kier alpha value is -2.32. The summed E-state index contributed by atoms with van der Waals surface area (Å²) in [6, 6.07) is 5.34. The number of piperidine rings is 1. The van der Waals surface area contributed by atoms with Crippen LogP contribution in [0.1, 0.15) is 29.4 Å². The highest BCUT2D eigenvalue weighted by molar-refractivity contribution is 7.21. The van der Waals surface area contributed by atoms with Crippen LogP contribution in [0.25, 0.3) is 10.1 Å². The van der Waals surface area contributed by atoms with Crippen LogP contribution < -0.4 is 4.74 Å². The van der Waals surface area contributed by atoms with Gasteiger partial charge in [-0.1, -0.05) is 11.6 Å². The number of ether oxygens (including phenoxy) is 3. The van der Waals surface area contributed by atoms with E-state index < -0.39 is 5.97 Å². The van der Waals surface area contributed by atoms with E-state index in [0.29, 0.717) is 43.3 Å². The Morgan fingerprint density at radius 3 is 2.59 bits per heavy atom. The van der Waals surface area contributed by atoms with Gasteiger partial charge in [-0.25, -0.2) is 4.79 Å². The molecule has 0 saturated carbocycles. The fraction of sp³-hybridized carbons (Fsp3) is 0.450. The zero-order valence-corrected chi connectivity index (χ0v) is 17.8. The van der Waals surface area contributed by atoms with Gasteiger partial charge >= 0.3 is 11.9 Å². The zero-order valence-electron chi connectivity index (χ0n) is 16.2. The SMILES string of the molecule is CCOC(=O)C1CCN(C(=O)COC(=O)c2sc3cc(OC)ccc3c2Cl)CC1. The van der Waals surface area contributed by atoms with Gasteiger partial charge in [0.1, 0.15) is 10.6 Å². The number of carbonyl (C=O) groups excluding carboxylic acids is 3. The van der Waals surface area contributed by atoms with Crippen molar-refractivity contribution in [2.75, 3.05) is 33.4 Å². The lowest BCUT2D eigenvalue weighted by Gasteiger charge is -2.30. The van der Waals surface area contributed by atoms with Gasteiger partial charge in [0.25, 0.3) is 5.91 Å². The second kappa shape index (κ2) is 9.45. The van der Waals surface area contributed by atoms with Crippen molar-refractivity contribution in [2.24, 2.45) is 5.92 Å². The van der Waals surface area contributed by atoms with E-state index >= 15 is 0 Å². The van der Waals surface area contributed by atoms with Crippen molar-refractivity contribution in [3.63, 3.8) is 0 Å². The molecule has 2 heterocycles. The minimum Gasteiger partial charge on any atom is -0.497 e. The average molecular weight is 440 g/mol. The Bertz CT molecular complexity index is 919. The summed E-state index contributed by atoms with van der Waals surface area (Å²) in [6.45, 7) is 2.62. The van der Waals surface area contributed by atoms with E-state index in [0.717, 1.165) is 10.1 Å². The van der Waals surface area contributed by atoms with Crippen LogP contribution >= 0.6 is 22.9 Å². The molecule has 156 valence electrons. The minimum atomic E-state index is -0.634. The van der Waals surface area contributed by atoms with E-state index in [1.54, 1.807) is 37.1 Å². The summed E-state index contributed by atoms with van der Waals surface area (Å²) in [5.41, 5.74) is 0. The van der Waals surface area contributed by atoms with E-state index in [-0.39, 0.29) is 29.3 Å². The normalized spacial score (nSPS) is 14.7. The Labute approximate surface area is 177 Å². The number of likely N-dealkylation sites (tertiary alicyclic amines) is 1. The Balaban J connectivity index is 1.56. The molecule has 0 atom stereocenters. The molecule has 0 unspecified atom stereocenters. The molecule has 1 aromatic carbocycles. The van der Waals surface area contributed by atoms with Gasteiger partial charge in [-0.15, -0.1) is 11.3 Å². The molecular formula is C20H22ClNO6S. The standard InChI is InChI=1S/C20H22ClNO6S/c1-3-27-19(24)12-6-8-22(9-7-12)16(23)11-28-20(25)18-17(21)14-5-4-13(26-2)10-15(14)29-18/h4-5,10,12H,3,6-9,11H2,1-2H3. The van der Waals surface area contributed by atoms with Crippen molar-refractivity contribution in [3.05, 3.63) is 28.1 Å². The van der Waals surface area contributed by atoms with Crippen LogP contribution in [0.4, 0.5) is 0 Å². The van der Waals surface area contributed by atoms with Gasteiger partial charge in [0.05, 0.1) is 24.7 Å². The number of benzene rings is 1. The number of carbonyl (C=O) groups is 3. The number of thiophene rings is 1. The topological polar surface area (TPSA) is 82.1 Å². The van der Waals surface area contributed by atoms with E-state index in [2.05, 4.69) is 0 Å². The highest BCUT2D eigenvalue weighted by Crippen LogP contribution is 2.37. The molecule has 3 rings (SSSR count). The van der Waals surface area contributed by atoms with Gasteiger partial charge in [0, 0.05) is 23.2 Å². The molecule has 0 spiro atoms. The van der Waals surface area contributed by atoms with Gasteiger partial charge in [0.2, 0.25) is 0 Å². The average Bonchev–Trinajstić information content (AvgIpc) is 3.07. The highest BCUT2D eigenvalue weighted by Gasteiger charge is 2.29. The smallest absolute Gasteiger partial charge is 0.350 e. The van der Waals surface area contributed by atoms with E-state index in [9.17, 15) is 14.4 Å². The predicted octanol–water partition coefficient (Wildman–Crippen LogP) is 3.52. The number of halogens is 1. The quantitative estimate of drug-likeness (QED) is 0.640. The molecule has 1 amide bonds. The van der Waals surface area contributed by atoms with Crippen molar-refractivity contribution < 1.29 is 28.6 Å². The van der Waals surface area contributed by atoms with E-state index in [1.807, 2.05) is 0 Å². The van der Waals surface area contributed by atoms with Gasteiger partial charge in [0.15, 0.2) is 6.61 Å². The van der Waals surface area contributed by atoms with Crippen LogP contribution in [0.15, 0.2) is 18.2 Å². The molecule has 2 aromatic rings. The highest BCUT2D eigenvalue weighted by atomic mass is 35.5. The third-order valence-corrected chi connectivity index (χ3v) is 6.45. The van der Waals surface area contributed by atoms with Gasteiger partial charge in [-0.05, 0) is 38.0 Å². The lowest BCUT2D eigenvalue weighted by Crippen LogP contribution is -2.42. The zero-order chi connectivity index (χ0) is 21.0. The second-order valence-electron chi connectivity index (χ2n) is 6.59. The fourth-order valence-corrected chi connectivity index (χ4v) is 4.64. The van der Waals surface area contributed by atoms with Gasteiger partial charge in [-0.3, -0.25) is 9.59 Å². The molecule has 29 heavy (non-hydrogen) atoms. The third kappa shape index (κ3) is 4.82. The lowest BCUT2D eigenvalue weighted by atomic mass is 9.97. The summed E-state index contributed by atoms with van der Waals surface area (Å²) < 4.78 is 16.2. The fourth-order valence-electron chi connectivity index (χ4n) is 3.21. The van der Waals surface area contributed by atoms with Gasteiger partial charge in [-0.2, -0.15) is 0 Å². The Morgan fingerprint density at radius 1 is 1.21 bits per heavy atom. The first kappa shape index (κ1) is 21.4. The molecule has 1 aliphatic rings. The number of nitrogens with zero attached hydrogens (tertiary/aromatic N) is 1. The number of rotatable bonds is 6. The van der Waals surface area contributed by atoms with Crippen molar-refractivity contribution >= 4 is 50.9 Å². The summed E-state index contributed by atoms with van der Waals surface area (Å²) in [6.07, 6.45) is 1.09. The lowest BCUT2D eigenvalue weighted by molar-refractivity contribution is -0.151. The molecule has 0 N–H and O–H groups in total. The van der Waals surface area contributed by atoms with Crippen molar-refractivity contribution in [1.29, 1.82) is 0 Å². The second-order valence-corrected chi connectivity index (χ2v) is 8.02. The van der Waals surface area contributed by atoms with Gasteiger partial charge < -0.3 is 19.1 Å². The number of hydrogen-bond donors (Lipinski definition) is 0. The van der Waals surface area contributed by atoms with Crippen molar-refractivity contribution in [1.82, 2.24) is 4.90 Å². The Morgan fingerprint density at radius 2 is 1.93 bits per heavy atom. The van der Waals surface area contributed by atoms with Crippen LogP contribution in [-0.2, 0) is 19.1 Å². The maximum atomic E-state index is 12.4. The Kier molecular flexibility index (Phi) is 6.97. The molecule has 1 fully saturated rings. The molecule has 1 saturated heterocycles. The molecule has 0 bridgehead atoms. The minimum absolute atomic E-state index is 0.184. The summed E-state index contributed by atoms with van der Waals surface area (Å²) in [4.78, 5) is 38.4. The molecule has 1 aliphatic heterocycles. The third-order valence-electron chi connectivity index (χ3n) is 4.82. The molecule has 7 nitrogen and oxygen atoms in total. The number of fused-ring (bicyclic) bond motifs is 1. The maximum absolute atomic E-state index is 12.4. The van der Waals surface area contributed by atoms with E-state index in [4.69, 9.17) is 25.8 Å². The first-order chi connectivity index (χ1) is 13.9.